The molecule has 0 fully saturated rings. The van der Waals surface area contributed by atoms with Crippen molar-refractivity contribution in [3.63, 3.8) is 0 Å². The molecule has 0 aliphatic heterocycles. The highest BCUT2D eigenvalue weighted by Gasteiger charge is 2.10. The molecular weight excluding hydrogens is 452 g/mol. The highest BCUT2D eigenvalue weighted by Crippen LogP contribution is 2.22. The molecule has 0 radical (unpaired) electrons. The lowest BCUT2D eigenvalue weighted by Crippen LogP contribution is -2.16. The van der Waals surface area contributed by atoms with E-state index in [2.05, 4.69) is 39.6 Å². The molecule has 3 rings (SSSR count). The van der Waals surface area contributed by atoms with Crippen molar-refractivity contribution in [3.8, 4) is 11.4 Å². The predicted molar refractivity (Wildman–Crippen MR) is 146 cm³/mol. The first-order valence-electron chi connectivity index (χ1n) is 11.8. The molecule has 0 spiro atoms. The normalized spacial score (nSPS) is 13.1. The second-order valence-corrected chi connectivity index (χ2v) is 8.40. The zero-order chi connectivity index (χ0) is 26.5. The molecule has 2 atom stereocenters. The van der Waals surface area contributed by atoms with Gasteiger partial charge < -0.3 is 21.6 Å². The minimum Gasteiger partial charge on any atom is -0.398 e. The van der Waals surface area contributed by atoms with Gasteiger partial charge in [-0.3, -0.25) is 9.89 Å². The molecule has 1 heterocycles. The van der Waals surface area contributed by atoms with Crippen molar-refractivity contribution < 1.29 is 9.90 Å². The average Bonchev–Trinajstić information content (AvgIpc) is 3.41. The van der Waals surface area contributed by atoms with Crippen LogP contribution in [0.25, 0.3) is 11.4 Å². The number of aldehydes is 1. The Morgan fingerprint density at radius 2 is 2.00 bits per heavy atom. The third kappa shape index (κ3) is 8.41. The molecule has 8 nitrogen and oxygen atoms in total. The molecule has 6 N–H and O–H groups in total. The van der Waals surface area contributed by atoms with Crippen molar-refractivity contribution >= 4 is 17.7 Å². The molecule has 0 aliphatic rings. The van der Waals surface area contributed by atoms with Crippen LogP contribution in [0.15, 0.2) is 72.6 Å². The number of carbonyl (C=O) groups excluding carboxylic acids is 1. The monoisotopic (exact) mass is 488 g/mol. The smallest absolute Gasteiger partial charge is 0.155 e. The van der Waals surface area contributed by atoms with Crippen molar-refractivity contribution in [2.24, 2.45) is 0 Å². The van der Waals surface area contributed by atoms with Gasteiger partial charge in [0.2, 0.25) is 0 Å². The molecule has 36 heavy (non-hydrogen) atoms. The van der Waals surface area contributed by atoms with Crippen LogP contribution in [0.4, 0.5) is 5.69 Å². The van der Waals surface area contributed by atoms with Gasteiger partial charge in [-0.05, 0) is 63.6 Å². The van der Waals surface area contributed by atoms with Crippen LogP contribution >= 0.6 is 0 Å². The van der Waals surface area contributed by atoms with Crippen LogP contribution in [0.1, 0.15) is 49.9 Å². The third-order valence-electron chi connectivity index (χ3n) is 5.57. The molecule has 2 aromatic carbocycles. The van der Waals surface area contributed by atoms with Crippen LogP contribution in [0.5, 0.6) is 0 Å². The van der Waals surface area contributed by atoms with Crippen LogP contribution in [-0.4, -0.2) is 45.4 Å². The van der Waals surface area contributed by atoms with Crippen molar-refractivity contribution in [1.82, 2.24) is 20.5 Å². The van der Waals surface area contributed by atoms with Crippen LogP contribution in [-0.2, 0) is 11.2 Å². The van der Waals surface area contributed by atoms with Crippen molar-refractivity contribution in [2.75, 3.05) is 12.8 Å². The number of nitrogens with zero attached hydrogens (tertiary/aromatic N) is 2. The van der Waals surface area contributed by atoms with Gasteiger partial charge in [0, 0.05) is 40.6 Å². The van der Waals surface area contributed by atoms with Gasteiger partial charge in [-0.15, -0.1) is 0 Å². The number of carbonyl (C=O) groups is 1. The highest BCUT2D eigenvalue weighted by atomic mass is 16.3. The Labute approximate surface area is 212 Å². The van der Waals surface area contributed by atoms with E-state index in [9.17, 15) is 9.90 Å². The second-order valence-electron chi connectivity index (χ2n) is 8.40. The largest absolute Gasteiger partial charge is 0.398 e. The van der Waals surface area contributed by atoms with E-state index in [1.54, 1.807) is 30.4 Å². The summed E-state index contributed by atoms with van der Waals surface area (Å²) in [4.78, 5) is 15.0. The van der Waals surface area contributed by atoms with E-state index < -0.39 is 0 Å². The number of hydrogen-bond donors (Lipinski definition) is 5. The number of benzene rings is 2. The Hall–Kier alpha value is -3.88. The van der Waals surface area contributed by atoms with E-state index in [1.165, 1.54) is 17.5 Å². The van der Waals surface area contributed by atoms with Gasteiger partial charge in [0.1, 0.15) is 12.6 Å². The summed E-state index contributed by atoms with van der Waals surface area (Å²) in [7, 11) is 1.95. The first-order valence-corrected chi connectivity index (χ1v) is 11.8. The summed E-state index contributed by atoms with van der Waals surface area (Å²) in [6, 6.07) is 13.9. The molecular formula is C28H36N6O2. The third-order valence-corrected chi connectivity index (χ3v) is 5.57. The summed E-state index contributed by atoms with van der Waals surface area (Å²) < 4.78 is 0. The Bertz CT molecular complexity index is 1180. The molecule has 0 aliphatic carbocycles. The fourth-order valence-corrected chi connectivity index (χ4v) is 3.60. The standard InChI is InChI=1S/C16H17N5O.C12H19NO/c1-2-3-11(9-22)4-6-14(17)13-8-12(5-7-15(13)18)16-19-10-20-21-16;1-9(14)8-11-6-4-5-7-12(11)10(2)13-3/h2-5,7-10,17H,6,18H2,1H3,(H,19,20,21);4-7,9-10,13-14H,8H2,1-3H3/b3-2-,11-4+,17-14?;/t;9-,10+/m.1/s1. The van der Waals surface area contributed by atoms with Crippen molar-refractivity contribution in [3.05, 3.63) is 89.3 Å². The zero-order valence-electron chi connectivity index (χ0n) is 21.3. The topological polar surface area (TPSA) is 141 Å². The number of hydrogen-bond acceptors (Lipinski definition) is 7. The van der Waals surface area contributed by atoms with Gasteiger partial charge >= 0.3 is 0 Å². The fraction of sp³-hybridized carbons (Fsp3) is 0.286. The number of aliphatic hydroxyl groups excluding tert-OH is 1. The quantitative estimate of drug-likeness (QED) is 0.0941. The number of nitrogen functional groups attached to an aromatic ring is 1. The van der Waals surface area contributed by atoms with Gasteiger partial charge in [0.05, 0.1) is 6.10 Å². The maximum absolute atomic E-state index is 10.9. The number of rotatable bonds is 10. The first-order chi connectivity index (χ1) is 17.3. The predicted octanol–water partition coefficient (Wildman–Crippen LogP) is 4.40. The number of aromatic nitrogens is 3. The molecule has 0 amide bonds. The molecule has 0 saturated heterocycles. The minimum atomic E-state index is -0.278. The lowest BCUT2D eigenvalue weighted by molar-refractivity contribution is -0.104. The van der Waals surface area contributed by atoms with Crippen molar-refractivity contribution in [2.45, 2.75) is 45.8 Å². The zero-order valence-corrected chi connectivity index (χ0v) is 21.3. The van der Waals surface area contributed by atoms with Crippen LogP contribution in [0, 0.1) is 5.41 Å². The lowest BCUT2D eigenvalue weighted by Gasteiger charge is -2.16. The first kappa shape index (κ1) is 28.4. The van der Waals surface area contributed by atoms with Gasteiger partial charge in [0.15, 0.2) is 5.82 Å². The van der Waals surface area contributed by atoms with Gasteiger partial charge in [-0.2, -0.15) is 5.10 Å². The number of H-pyrrole nitrogens is 1. The number of nitrogens with one attached hydrogen (secondary N) is 3. The lowest BCUT2D eigenvalue weighted by atomic mass is 9.97. The van der Waals surface area contributed by atoms with Gasteiger partial charge in [-0.25, -0.2) is 4.98 Å². The Kier molecular flexibility index (Phi) is 11.4. The Morgan fingerprint density at radius 3 is 2.61 bits per heavy atom. The summed E-state index contributed by atoms with van der Waals surface area (Å²) in [5, 5.41) is 27.3. The van der Waals surface area contributed by atoms with Gasteiger partial charge in [-0.1, -0.05) is 42.5 Å². The number of allylic oxidation sites excluding steroid dienone is 4. The van der Waals surface area contributed by atoms with Crippen LogP contribution in [0.2, 0.25) is 0 Å². The molecule has 8 heteroatoms. The van der Waals surface area contributed by atoms with Gasteiger partial charge in [0.25, 0.3) is 0 Å². The summed E-state index contributed by atoms with van der Waals surface area (Å²) in [5.41, 5.74) is 11.3. The molecule has 0 saturated carbocycles. The van der Waals surface area contributed by atoms with E-state index in [0.717, 1.165) is 18.3 Å². The van der Waals surface area contributed by atoms with Crippen LogP contribution in [0.3, 0.4) is 0 Å². The minimum absolute atomic E-state index is 0.278. The van der Waals surface area contributed by atoms with Crippen LogP contribution < -0.4 is 11.1 Å². The maximum atomic E-state index is 10.9. The van der Waals surface area contributed by atoms with E-state index in [0.29, 0.717) is 40.8 Å². The highest BCUT2D eigenvalue weighted by molar-refractivity contribution is 6.04. The summed E-state index contributed by atoms with van der Waals surface area (Å²) in [6.07, 6.45) is 8.15. The molecule has 1 aromatic heterocycles. The summed E-state index contributed by atoms with van der Waals surface area (Å²) in [5.74, 6) is 0.618. The molecule has 0 unspecified atom stereocenters. The number of aliphatic hydroxyl groups is 1. The number of aromatic amines is 1. The van der Waals surface area contributed by atoms with E-state index in [-0.39, 0.29) is 6.10 Å². The number of nitrogens with two attached hydrogens (primary N) is 1. The van der Waals surface area contributed by atoms with E-state index >= 15 is 0 Å². The van der Waals surface area contributed by atoms with Crippen molar-refractivity contribution in [1.29, 1.82) is 5.41 Å². The average molecular weight is 489 g/mol. The Balaban J connectivity index is 0.000000281. The molecule has 190 valence electrons. The Morgan fingerprint density at radius 1 is 1.25 bits per heavy atom. The molecule has 3 aromatic rings. The maximum Gasteiger partial charge on any atom is 0.155 e. The SMILES string of the molecule is C/C=C\C(C=O)=C/CC(=N)c1cc(-c2ncn[nH]2)ccc1N.CN[C@@H](C)c1ccccc1C[C@@H](C)O. The van der Waals surface area contributed by atoms with E-state index in [4.69, 9.17) is 11.1 Å². The number of anilines is 1. The fourth-order valence-electron chi connectivity index (χ4n) is 3.60. The van der Waals surface area contributed by atoms with E-state index in [1.807, 2.05) is 39.1 Å². The molecule has 0 bridgehead atoms. The summed E-state index contributed by atoms with van der Waals surface area (Å²) >= 11 is 0. The second kappa shape index (κ2) is 14.5. The summed E-state index contributed by atoms with van der Waals surface area (Å²) in [6.45, 7) is 5.78.